The van der Waals surface area contributed by atoms with Crippen molar-refractivity contribution in [2.45, 2.75) is 37.6 Å². The summed E-state index contributed by atoms with van der Waals surface area (Å²) in [6, 6.07) is 5.10. The van der Waals surface area contributed by atoms with E-state index in [9.17, 15) is 4.79 Å². The molecule has 4 nitrogen and oxygen atoms in total. The molecule has 5 heteroatoms. The molecule has 1 aliphatic rings. The summed E-state index contributed by atoms with van der Waals surface area (Å²) in [6.45, 7) is 0.660. The predicted molar refractivity (Wildman–Crippen MR) is 81.1 cm³/mol. The second kappa shape index (κ2) is 6.55. The molecule has 0 unspecified atom stereocenters. The summed E-state index contributed by atoms with van der Waals surface area (Å²) in [7, 11) is 4.18. The number of hydrogen-bond acceptors (Lipinski definition) is 3. The summed E-state index contributed by atoms with van der Waals surface area (Å²) in [4.78, 5) is 18.4. The van der Waals surface area contributed by atoms with Gasteiger partial charge >= 0.3 is 0 Å². The minimum atomic E-state index is -0.153. The van der Waals surface area contributed by atoms with Crippen LogP contribution < -0.4 is 5.32 Å². The van der Waals surface area contributed by atoms with Gasteiger partial charge in [-0.2, -0.15) is 0 Å². The first-order chi connectivity index (χ1) is 9.53. The third kappa shape index (κ3) is 3.49. The lowest BCUT2D eigenvalue weighted by Crippen LogP contribution is -2.53. The van der Waals surface area contributed by atoms with Crippen LogP contribution in [0.4, 0.5) is 0 Å². The third-order valence-electron chi connectivity index (χ3n) is 4.26. The summed E-state index contributed by atoms with van der Waals surface area (Å²) in [5, 5.41) is 3.36. The highest BCUT2D eigenvalue weighted by molar-refractivity contribution is 6.29. The van der Waals surface area contributed by atoms with Gasteiger partial charge in [-0.05, 0) is 39.1 Å². The normalized spacial score (nSPS) is 18.0. The van der Waals surface area contributed by atoms with Gasteiger partial charge in [-0.3, -0.25) is 4.79 Å². The quantitative estimate of drug-likeness (QED) is 0.869. The Hall–Kier alpha value is -1.13. The fourth-order valence-electron chi connectivity index (χ4n) is 2.86. The smallest absolute Gasteiger partial charge is 0.270 e. The van der Waals surface area contributed by atoms with Crippen LogP contribution in [0.2, 0.25) is 5.15 Å². The molecule has 0 spiro atoms. The summed E-state index contributed by atoms with van der Waals surface area (Å²) < 4.78 is 0. The van der Waals surface area contributed by atoms with E-state index < -0.39 is 0 Å². The SMILES string of the molecule is CN(C)C1(CNC(=O)c2cccc(Cl)n2)CCCCC1. The number of nitrogens with one attached hydrogen (secondary N) is 1. The van der Waals surface area contributed by atoms with Crippen LogP contribution in [-0.2, 0) is 0 Å². The minimum Gasteiger partial charge on any atom is -0.349 e. The second-order valence-corrected chi connectivity index (χ2v) is 6.09. The monoisotopic (exact) mass is 295 g/mol. The number of hydrogen-bond donors (Lipinski definition) is 1. The van der Waals surface area contributed by atoms with Gasteiger partial charge in [0, 0.05) is 12.1 Å². The zero-order chi connectivity index (χ0) is 14.6. The minimum absolute atomic E-state index is 0.0759. The van der Waals surface area contributed by atoms with Gasteiger partial charge in [0.25, 0.3) is 5.91 Å². The van der Waals surface area contributed by atoms with Gasteiger partial charge in [0.1, 0.15) is 10.8 Å². The van der Waals surface area contributed by atoms with Crippen LogP contribution in [0.3, 0.4) is 0 Å². The lowest BCUT2D eigenvalue weighted by atomic mass is 9.80. The van der Waals surface area contributed by atoms with Crippen molar-refractivity contribution in [2.24, 2.45) is 0 Å². The Kier molecular flexibility index (Phi) is 5.00. The summed E-state index contributed by atoms with van der Waals surface area (Å²) in [6.07, 6.45) is 6.00. The van der Waals surface area contributed by atoms with Gasteiger partial charge in [0.2, 0.25) is 0 Å². The van der Waals surface area contributed by atoms with E-state index in [0.717, 1.165) is 12.8 Å². The molecule has 1 N–H and O–H groups in total. The number of carbonyl (C=O) groups excluding carboxylic acids is 1. The molecular weight excluding hydrogens is 274 g/mol. The van der Waals surface area contributed by atoms with Gasteiger partial charge in [0.15, 0.2) is 0 Å². The summed E-state index contributed by atoms with van der Waals surface area (Å²) >= 11 is 5.82. The van der Waals surface area contributed by atoms with E-state index in [1.165, 1.54) is 19.3 Å². The van der Waals surface area contributed by atoms with Crippen molar-refractivity contribution >= 4 is 17.5 Å². The van der Waals surface area contributed by atoms with E-state index in [-0.39, 0.29) is 11.4 Å². The maximum Gasteiger partial charge on any atom is 0.270 e. The van der Waals surface area contributed by atoms with Crippen molar-refractivity contribution in [3.63, 3.8) is 0 Å². The van der Waals surface area contributed by atoms with Crippen LogP contribution in [0.1, 0.15) is 42.6 Å². The molecule has 1 fully saturated rings. The Balaban J connectivity index is 2.00. The lowest BCUT2D eigenvalue weighted by molar-refractivity contribution is 0.0796. The molecule has 0 aromatic carbocycles. The van der Waals surface area contributed by atoms with Crippen LogP contribution in [0.25, 0.3) is 0 Å². The van der Waals surface area contributed by atoms with E-state index in [4.69, 9.17) is 11.6 Å². The zero-order valence-corrected chi connectivity index (χ0v) is 12.9. The number of carbonyl (C=O) groups is 1. The maximum atomic E-state index is 12.2. The van der Waals surface area contributed by atoms with Crippen LogP contribution >= 0.6 is 11.6 Å². The zero-order valence-electron chi connectivity index (χ0n) is 12.2. The summed E-state index contributed by atoms with van der Waals surface area (Å²) in [5.41, 5.74) is 0.453. The number of likely N-dealkylation sites (N-methyl/N-ethyl adjacent to an activating group) is 1. The molecule has 2 rings (SSSR count). The molecule has 0 bridgehead atoms. The van der Waals surface area contributed by atoms with E-state index in [0.29, 0.717) is 17.4 Å². The molecule has 1 aliphatic carbocycles. The van der Waals surface area contributed by atoms with Crippen molar-refractivity contribution in [2.75, 3.05) is 20.6 Å². The van der Waals surface area contributed by atoms with Gasteiger partial charge in [-0.1, -0.05) is 36.9 Å². The maximum absolute atomic E-state index is 12.2. The number of amides is 1. The first kappa shape index (κ1) is 15.3. The van der Waals surface area contributed by atoms with E-state index in [1.807, 2.05) is 0 Å². The largest absolute Gasteiger partial charge is 0.349 e. The van der Waals surface area contributed by atoms with Gasteiger partial charge in [0.05, 0.1) is 0 Å². The number of pyridine rings is 1. The number of aromatic nitrogens is 1. The van der Waals surface area contributed by atoms with Crippen molar-refractivity contribution in [1.82, 2.24) is 15.2 Å². The highest BCUT2D eigenvalue weighted by Crippen LogP contribution is 2.31. The first-order valence-electron chi connectivity index (χ1n) is 7.12. The fraction of sp³-hybridized carbons (Fsp3) is 0.600. The molecule has 20 heavy (non-hydrogen) atoms. The molecule has 1 heterocycles. The van der Waals surface area contributed by atoms with Gasteiger partial charge < -0.3 is 10.2 Å². The van der Waals surface area contributed by atoms with E-state index in [1.54, 1.807) is 18.2 Å². The van der Waals surface area contributed by atoms with Crippen molar-refractivity contribution < 1.29 is 4.79 Å². The first-order valence-corrected chi connectivity index (χ1v) is 7.49. The Morgan fingerprint density at radius 1 is 1.35 bits per heavy atom. The van der Waals surface area contributed by atoms with Crippen LogP contribution in [0.5, 0.6) is 0 Å². The number of rotatable bonds is 4. The molecule has 1 aromatic heterocycles. The predicted octanol–water partition coefficient (Wildman–Crippen LogP) is 2.73. The number of halogens is 1. The molecular formula is C15H22ClN3O. The van der Waals surface area contributed by atoms with Crippen molar-refractivity contribution in [1.29, 1.82) is 0 Å². The average molecular weight is 296 g/mol. The van der Waals surface area contributed by atoms with Crippen molar-refractivity contribution in [3.8, 4) is 0 Å². The molecule has 1 amide bonds. The van der Waals surface area contributed by atoms with E-state index in [2.05, 4.69) is 29.3 Å². The highest BCUT2D eigenvalue weighted by Gasteiger charge is 2.34. The molecule has 0 saturated heterocycles. The fourth-order valence-corrected chi connectivity index (χ4v) is 3.03. The number of nitrogens with zero attached hydrogens (tertiary/aromatic N) is 2. The van der Waals surface area contributed by atoms with Gasteiger partial charge in [-0.15, -0.1) is 0 Å². The second-order valence-electron chi connectivity index (χ2n) is 5.71. The Bertz CT molecular complexity index is 470. The molecule has 0 aliphatic heterocycles. The third-order valence-corrected chi connectivity index (χ3v) is 4.47. The Labute approximate surface area is 125 Å². The molecule has 0 radical (unpaired) electrons. The molecule has 110 valence electrons. The van der Waals surface area contributed by atoms with Crippen molar-refractivity contribution in [3.05, 3.63) is 29.0 Å². The molecule has 1 saturated carbocycles. The lowest BCUT2D eigenvalue weighted by Gasteiger charge is -2.43. The van der Waals surface area contributed by atoms with Gasteiger partial charge in [-0.25, -0.2) is 4.98 Å². The van der Waals surface area contributed by atoms with Crippen LogP contribution in [0, 0.1) is 0 Å². The summed E-state index contributed by atoms with van der Waals surface area (Å²) in [5.74, 6) is -0.153. The molecule has 1 aromatic rings. The average Bonchev–Trinajstić information content (AvgIpc) is 2.45. The molecule has 0 atom stereocenters. The Morgan fingerprint density at radius 2 is 2.05 bits per heavy atom. The van der Waals surface area contributed by atoms with Crippen LogP contribution in [0.15, 0.2) is 18.2 Å². The Morgan fingerprint density at radius 3 is 2.65 bits per heavy atom. The highest BCUT2D eigenvalue weighted by atomic mass is 35.5. The van der Waals surface area contributed by atoms with Crippen LogP contribution in [-0.4, -0.2) is 42.0 Å². The topological polar surface area (TPSA) is 45.2 Å². The van der Waals surface area contributed by atoms with E-state index >= 15 is 0 Å². The standard InChI is InChI=1S/C15H22ClN3O/c1-19(2)15(9-4-3-5-10-15)11-17-14(20)12-7-6-8-13(16)18-12/h6-8H,3-5,9-11H2,1-2H3,(H,17,20).